The molecule has 0 radical (unpaired) electrons. The molecule has 19 aromatic rings. The second-order valence-corrected chi connectivity index (χ2v) is 24.6. The normalized spacial score (nSPS) is 12.0. The van der Waals surface area contributed by atoms with E-state index in [9.17, 15) is 0 Å². The molecule has 94 heavy (non-hydrogen) atoms. The quantitative estimate of drug-likeness (QED) is 0.160. The highest BCUT2D eigenvalue weighted by molar-refractivity contribution is 6.25. The van der Waals surface area contributed by atoms with Crippen molar-refractivity contribution in [1.82, 2.24) is 33.2 Å². The van der Waals surface area contributed by atoms with E-state index in [-0.39, 0.29) is 0 Å². The lowest BCUT2D eigenvalue weighted by Gasteiger charge is -2.25. The monoisotopic (exact) mass is 1200 g/mol. The van der Waals surface area contributed by atoms with Gasteiger partial charge in [-0.3, -0.25) is 0 Å². The second kappa shape index (κ2) is 20.4. The standard InChI is InChI=1S/C87H53N7/c1-5-23-54(24-6-1)85-88-86(55-25-7-2-8-26-55)90-87(89-85)56-41-44-63-61-31-13-14-32-62(61)75-52-59(93-79-39-21-17-35-68(79)72-49-47-70-66-33-15-19-37-77(66)91(81(70)83(72)93)57-27-9-3-10-28-57)42-45-64(75)65-46-43-60(53-76(65)74(63)51-56)94-80-40-22-18-36-69(80)73-50-48-71-67-34-16-20-38-78(67)92(82(71)84(73)94)58-29-11-4-12-30-58/h1-53H. The summed E-state index contributed by atoms with van der Waals surface area (Å²) in [6.07, 6.45) is 0. The Hall–Kier alpha value is -12.7. The van der Waals surface area contributed by atoms with Gasteiger partial charge in [0, 0.05) is 82.5 Å². The highest BCUT2D eigenvalue weighted by Crippen LogP contribution is 2.52. The van der Waals surface area contributed by atoms with E-state index in [2.05, 4.69) is 303 Å². The minimum absolute atomic E-state index is 0.596. The maximum absolute atomic E-state index is 5.33. The van der Waals surface area contributed by atoms with E-state index in [0.717, 1.165) is 117 Å². The molecular weight excluding hydrogens is 1140 g/mol. The average molecular weight is 1200 g/mol. The first-order valence-electron chi connectivity index (χ1n) is 32.1. The lowest BCUT2D eigenvalue weighted by molar-refractivity contribution is 1.07. The van der Waals surface area contributed by atoms with E-state index in [0.29, 0.717) is 17.5 Å². The van der Waals surface area contributed by atoms with Crippen molar-refractivity contribution in [2.24, 2.45) is 0 Å². The highest BCUT2D eigenvalue weighted by atomic mass is 15.1. The van der Waals surface area contributed by atoms with Crippen molar-refractivity contribution in [3.63, 3.8) is 0 Å². The Labute approximate surface area is 540 Å². The molecule has 5 heterocycles. The molecule has 7 heteroatoms. The van der Waals surface area contributed by atoms with Gasteiger partial charge in [0.1, 0.15) is 0 Å². The molecule has 7 nitrogen and oxygen atoms in total. The topological polar surface area (TPSA) is 58.4 Å². The van der Waals surface area contributed by atoms with Crippen LogP contribution in [0.15, 0.2) is 322 Å². The van der Waals surface area contributed by atoms with Crippen LogP contribution >= 0.6 is 0 Å². The van der Waals surface area contributed by atoms with Crippen LogP contribution in [0.5, 0.6) is 0 Å². The Balaban J connectivity index is 0.884. The van der Waals surface area contributed by atoms with Crippen LogP contribution in [0, 0.1) is 0 Å². The Morgan fingerprint density at radius 3 is 0.840 bits per heavy atom. The molecule has 436 valence electrons. The first-order valence-corrected chi connectivity index (χ1v) is 32.1. The highest BCUT2D eigenvalue weighted by Gasteiger charge is 2.29. The van der Waals surface area contributed by atoms with Gasteiger partial charge in [0.05, 0.1) is 44.1 Å². The van der Waals surface area contributed by atoms with Gasteiger partial charge in [-0.25, -0.2) is 15.0 Å². The lowest BCUT2D eigenvalue weighted by Crippen LogP contribution is -2.03. The van der Waals surface area contributed by atoms with Crippen molar-refractivity contribution in [3.05, 3.63) is 322 Å². The van der Waals surface area contributed by atoms with Gasteiger partial charge in [-0.1, -0.05) is 243 Å². The number of benzene rings is 14. The summed E-state index contributed by atoms with van der Waals surface area (Å²) in [4.78, 5) is 15.8. The summed E-state index contributed by atoms with van der Waals surface area (Å²) in [6.45, 7) is 0. The SMILES string of the molecule is c1ccc(-c2nc(-c3ccccc3)nc(-c3ccc4c(c3)-c3cc(-n5c6ccccc6c6ccc7c8ccccc8n(-c8ccccc8)c7c65)ccc3-c3ccc(-n5c6ccccc6c6ccc7c8ccccc8n(-c8ccccc8)c7c65)cc3-c3ccccc3-4)n2)cc1. The van der Waals surface area contributed by atoms with Gasteiger partial charge in [-0.2, -0.15) is 0 Å². The van der Waals surface area contributed by atoms with Crippen LogP contribution in [0.2, 0.25) is 0 Å². The summed E-state index contributed by atoms with van der Waals surface area (Å²) < 4.78 is 9.98. The van der Waals surface area contributed by atoms with Crippen LogP contribution < -0.4 is 0 Å². The smallest absolute Gasteiger partial charge is 0.164 e. The number of aromatic nitrogens is 7. The van der Waals surface area contributed by atoms with E-state index in [1.165, 1.54) is 54.1 Å². The third-order valence-electron chi connectivity index (χ3n) is 19.6. The number of para-hydroxylation sites is 6. The zero-order valence-electron chi connectivity index (χ0n) is 50.7. The van der Waals surface area contributed by atoms with Crippen molar-refractivity contribution < 1.29 is 0 Å². The molecule has 20 rings (SSSR count). The first kappa shape index (κ1) is 52.1. The molecule has 0 saturated heterocycles. The molecule has 0 bridgehead atoms. The van der Waals surface area contributed by atoms with Crippen molar-refractivity contribution >= 4 is 87.2 Å². The van der Waals surface area contributed by atoms with Gasteiger partial charge in [0.25, 0.3) is 0 Å². The molecule has 0 atom stereocenters. The molecule has 5 aromatic heterocycles. The van der Waals surface area contributed by atoms with Crippen LogP contribution in [0.1, 0.15) is 0 Å². The largest absolute Gasteiger partial charge is 0.307 e. The molecule has 0 unspecified atom stereocenters. The lowest BCUT2D eigenvalue weighted by atomic mass is 9.80. The van der Waals surface area contributed by atoms with Gasteiger partial charge in [-0.15, -0.1) is 0 Å². The van der Waals surface area contributed by atoms with Crippen molar-refractivity contribution in [2.45, 2.75) is 0 Å². The summed E-state index contributed by atoms with van der Waals surface area (Å²) in [5, 5.41) is 9.63. The van der Waals surface area contributed by atoms with Crippen molar-refractivity contribution in [1.29, 1.82) is 0 Å². The van der Waals surface area contributed by atoms with Gasteiger partial charge >= 0.3 is 0 Å². The minimum Gasteiger partial charge on any atom is -0.307 e. The Morgan fingerprint density at radius 2 is 0.447 bits per heavy atom. The molecule has 0 aliphatic heterocycles. The molecule has 0 amide bonds. The molecule has 14 aromatic carbocycles. The maximum atomic E-state index is 5.33. The van der Waals surface area contributed by atoms with Crippen LogP contribution in [-0.2, 0) is 0 Å². The summed E-state index contributed by atoms with van der Waals surface area (Å²) in [5.74, 6) is 1.83. The van der Waals surface area contributed by atoms with Gasteiger partial charge < -0.3 is 18.3 Å². The van der Waals surface area contributed by atoms with Gasteiger partial charge in [-0.05, 0) is 123 Å². The van der Waals surface area contributed by atoms with E-state index >= 15 is 0 Å². The first-order chi connectivity index (χ1) is 46.7. The number of nitrogens with zero attached hydrogens (tertiary/aromatic N) is 7. The van der Waals surface area contributed by atoms with Crippen LogP contribution in [0.25, 0.3) is 189 Å². The summed E-state index contributed by atoms with van der Waals surface area (Å²) in [7, 11) is 0. The summed E-state index contributed by atoms with van der Waals surface area (Å²) in [5.41, 5.74) is 25.3. The molecule has 0 saturated carbocycles. The molecule has 0 spiro atoms. The maximum Gasteiger partial charge on any atom is 0.164 e. The molecule has 1 aliphatic rings. The summed E-state index contributed by atoms with van der Waals surface area (Å²) >= 11 is 0. The number of hydrogen-bond donors (Lipinski definition) is 0. The van der Waals surface area contributed by atoms with Crippen LogP contribution in [0.3, 0.4) is 0 Å². The van der Waals surface area contributed by atoms with Crippen molar-refractivity contribution in [2.75, 3.05) is 0 Å². The number of hydrogen-bond acceptors (Lipinski definition) is 3. The van der Waals surface area contributed by atoms with E-state index < -0.39 is 0 Å². The fourth-order valence-corrected chi connectivity index (χ4v) is 15.5. The Bertz CT molecular complexity index is 6270. The van der Waals surface area contributed by atoms with Crippen LogP contribution in [-0.4, -0.2) is 33.2 Å². The van der Waals surface area contributed by atoms with E-state index in [4.69, 9.17) is 15.0 Å². The minimum atomic E-state index is 0.596. The third-order valence-corrected chi connectivity index (χ3v) is 19.6. The predicted octanol–water partition coefficient (Wildman–Crippen LogP) is 22.2. The second-order valence-electron chi connectivity index (χ2n) is 24.6. The van der Waals surface area contributed by atoms with Crippen molar-refractivity contribution in [3.8, 4) is 101 Å². The molecular formula is C87H53N7. The van der Waals surface area contributed by atoms with Crippen LogP contribution in [0.4, 0.5) is 0 Å². The van der Waals surface area contributed by atoms with E-state index in [1.807, 2.05) is 36.4 Å². The fourth-order valence-electron chi connectivity index (χ4n) is 15.5. The molecule has 0 N–H and O–H groups in total. The number of fused-ring (bicyclic) bond motifs is 22. The predicted molar refractivity (Wildman–Crippen MR) is 389 cm³/mol. The number of rotatable bonds is 7. The van der Waals surface area contributed by atoms with Gasteiger partial charge in [0.2, 0.25) is 0 Å². The average Bonchev–Trinajstić information content (AvgIpc) is 1.52. The Kier molecular flexibility index (Phi) is 11.3. The zero-order valence-corrected chi connectivity index (χ0v) is 50.7. The fraction of sp³-hybridized carbons (Fsp3) is 0. The third kappa shape index (κ3) is 7.70. The Morgan fingerprint density at radius 1 is 0.170 bits per heavy atom. The van der Waals surface area contributed by atoms with E-state index in [1.54, 1.807) is 0 Å². The zero-order chi connectivity index (χ0) is 61.5. The molecule has 1 aliphatic carbocycles. The van der Waals surface area contributed by atoms with Gasteiger partial charge in [0.15, 0.2) is 17.5 Å². The summed E-state index contributed by atoms with van der Waals surface area (Å²) in [6, 6.07) is 117. The molecule has 0 fully saturated rings.